The lowest BCUT2D eigenvalue weighted by Gasteiger charge is -2.49. The van der Waals surface area contributed by atoms with Gasteiger partial charge in [-0.1, -0.05) is 50.6 Å². The van der Waals surface area contributed by atoms with E-state index in [-0.39, 0.29) is 11.3 Å². The van der Waals surface area contributed by atoms with Gasteiger partial charge >= 0.3 is 5.97 Å². The molecule has 1 saturated heterocycles. The Morgan fingerprint density at radius 2 is 2.10 bits per heavy atom. The predicted octanol–water partition coefficient (Wildman–Crippen LogP) is 3.01. The fraction of sp³-hybridized carbons (Fsp3) is 0.588. The molecule has 2 rings (SSSR count). The Labute approximate surface area is 121 Å². The number of nitrogens with zero attached hydrogens (tertiary/aromatic N) is 1. The highest BCUT2D eigenvalue weighted by Gasteiger charge is 2.49. The molecular formula is C17H25NO2. The zero-order valence-corrected chi connectivity index (χ0v) is 12.7. The number of carboxylic acids is 1. The number of benzene rings is 1. The lowest BCUT2D eigenvalue weighted by Crippen LogP contribution is -2.53. The first kappa shape index (κ1) is 15.0. The third-order valence-corrected chi connectivity index (χ3v) is 5.11. The van der Waals surface area contributed by atoms with Crippen molar-refractivity contribution in [2.75, 3.05) is 20.1 Å². The summed E-state index contributed by atoms with van der Waals surface area (Å²) in [4.78, 5) is 14.0. The summed E-state index contributed by atoms with van der Waals surface area (Å²) in [5, 5.41) is 9.63. The third kappa shape index (κ3) is 2.47. The van der Waals surface area contributed by atoms with Crippen molar-refractivity contribution in [1.82, 2.24) is 4.90 Å². The van der Waals surface area contributed by atoms with Crippen molar-refractivity contribution < 1.29 is 9.90 Å². The van der Waals surface area contributed by atoms with Crippen LogP contribution in [0, 0.1) is 11.8 Å². The molecule has 1 aromatic carbocycles. The van der Waals surface area contributed by atoms with Crippen LogP contribution in [0.5, 0.6) is 0 Å². The highest BCUT2D eigenvalue weighted by molar-refractivity contribution is 5.72. The predicted molar refractivity (Wildman–Crippen MR) is 80.8 cm³/mol. The molecule has 0 spiro atoms. The average Bonchev–Trinajstić information content (AvgIpc) is 2.47. The van der Waals surface area contributed by atoms with E-state index in [0.29, 0.717) is 5.92 Å². The van der Waals surface area contributed by atoms with Crippen molar-refractivity contribution in [1.29, 1.82) is 0 Å². The lowest BCUT2D eigenvalue weighted by molar-refractivity contribution is -0.146. The number of piperidine rings is 1. The van der Waals surface area contributed by atoms with Crippen molar-refractivity contribution in [3.8, 4) is 0 Å². The molecule has 1 aliphatic heterocycles. The highest BCUT2D eigenvalue weighted by atomic mass is 16.4. The van der Waals surface area contributed by atoms with Gasteiger partial charge in [-0.05, 0) is 31.5 Å². The molecule has 3 nitrogen and oxygen atoms in total. The van der Waals surface area contributed by atoms with Gasteiger partial charge in [0.1, 0.15) is 0 Å². The molecule has 1 fully saturated rings. The van der Waals surface area contributed by atoms with Crippen LogP contribution in [0.25, 0.3) is 0 Å². The van der Waals surface area contributed by atoms with Gasteiger partial charge in [-0.15, -0.1) is 0 Å². The second-order valence-electron chi connectivity index (χ2n) is 6.08. The molecule has 1 unspecified atom stereocenters. The topological polar surface area (TPSA) is 40.5 Å². The van der Waals surface area contributed by atoms with E-state index in [1.165, 1.54) is 5.56 Å². The Hall–Kier alpha value is -1.35. The second kappa shape index (κ2) is 5.96. The molecule has 0 saturated carbocycles. The first-order chi connectivity index (χ1) is 9.52. The molecule has 110 valence electrons. The fourth-order valence-corrected chi connectivity index (χ4v) is 3.87. The van der Waals surface area contributed by atoms with Crippen LogP contribution in [0.2, 0.25) is 0 Å². The summed E-state index contributed by atoms with van der Waals surface area (Å²) >= 11 is 0. The molecule has 0 aromatic heterocycles. The number of hydrogen-bond acceptors (Lipinski definition) is 2. The van der Waals surface area contributed by atoms with Crippen LogP contribution in [-0.2, 0) is 10.2 Å². The summed E-state index contributed by atoms with van der Waals surface area (Å²) in [6.45, 7) is 5.99. The Balaban J connectivity index is 2.51. The van der Waals surface area contributed by atoms with Crippen LogP contribution >= 0.6 is 0 Å². The van der Waals surface area contributed by atoms with E-state index in [1.54, 1.807) is 0 Å². The van der Waals surface area contributed by atoms with Crippen LogP contribution in [0.1, 0.15) is 32.3 Å². The second-order valence-corrected chi connectivity index (χ2v) is 6.08. The first-order valence-electron chi connectivity index (χ1n) is 7.49. The highest BCUT2D eigenvalue weighted by Crippen LogP contribution is 2.46. The van der Waals surface area contributed by atoms with E-state index in [9.17, 15) is 9.90 Å². The Morgan fingerprint density at radius 1 is 1.45 bits per heavy atom. The quantitative estimate of drug-likeness (QED) is 0.918. The lowest BCUT2D eigenvalue weighted by atomic mass is 9.58. The number of rotatable bonds is 4. The zero-order valence-electron chi connectivity index (χ0n) is 12.7. The van der Waals surface area contributed by atoms with Gasteiger partial charge in [-0.3, -0.25) is 4.79 Å². The van der Waals surface area contributed by atoms with Gasteiger partial charge in [-0.25, -0.2) is 0 Å². The van der Waals surface area contributed by atoms with Crippen molar-refractivity contribution >= 4 is 5.97 Å². The van der Waals surface area contributed by atoms with E-state index < -0.39 is 5.97 Å². The van der Waals surface area contributed by atoms with Gasteiger partial charge in [0.2, 0.25) is 0 Å². The number of carboxylic acid groups (broad SMARTS) is 1. The van der Waals surface area contributed by atoms with Gasteiger partial charge in [0.05, 0.1) is 5.92 Å². The monoisotopic (exact) mass is 275 g/mol. The van der Waals surface area contributed by atoms with Gasteiger partial charge < -0.3 is 10.0 Å². The molecule has 1 aliphatic rings. The fourth-order valence-electron chi connectivity index (χ4n) is 3.87. The van der Waals surface area contributed by atoms with E-state index in [0.717, 1.165) is 25.9 Å². The van der Waals surface area contributed by atoms with Crippen LogP contribution in [0.4, 0.5) is 0 Å². The number of aliphatic carboxylic acids is 1. The zero-order chi connectivity index (χ0) is 14.8. The largest absolute Gasteiger partial charge is 0.481 e. The summed E-state index contributed by atoms with van der Waals surface area (Å²) in [5.74, 6) is -0.657. The molecule has 20 heavy (non-hydrogen) atoms. The minimum absolute atomic E-state index is 0.242. The van der Waals surface area contributed by atoms with Crippen LogP contribution < -0.4 is 0 Å². The van der Waals surface area contributed by atoms with E-state index >= 15 is 0 Å². The van der Waals surface area contributed by atoms with E-state index in [2.05, 4.69) is 31.0 Å². The molecular weight excluding hydrogens is 250 g/mol. The molecule has 0 radical (unpaired) electrons. The maximum absolute atomic E-state index is 11.7. The van der Waals surface area contributed by atoms with E-state index in [1.807, 2.05) is 25.1 Å². The first-order valence-corrected chi connectivity index (χ1v) is 7.49. The third-order valence-electron chi connectivity index (χ3n) is 5.11. The Bertz CT molecular complexity index is 459. The minimum atomic E-state index is -0.683. The summed E-state index contributed by atoms with van der Waals surface area (Å²) in [7, 11) is 2.13. The summed E-state index contributed by atoms with van der Waals surface area (Å²) in [6, 6.07) is 10.3. The number of likely N-dealkylation sites (tertiary alicyclic amines) is 1. The summed E-state index contributed by atoms with van der Waals surface area (Å²) < 4.78 is 0. The van der Waals surface area contributed by atoms with Crippen LogP contribution in [0.3, 0.4) is 0 Å². The number of hydrogen-bond donors (Lipinski definition) is 1. The molecule has 0 aliphatic carbocycles. The van der Waals surface area contributed by atoms with Crippen molar-refractivity contribution in [3.63, 3.8) is 0 Å². The van der Waals surface area contributed by atoms with Crippen LogP contribution in [-0.4, -0.2) is 36.1 Å². The molecule has 1 N–H and O–H groups in total. The Morgan fingerprint density at radius 3 is 2.65 bits per heavy atom. The molecule has 0 amide bonds. The maximum atomic E-state index is 11.7. The van der Waals surface area contributed by atoms with Crippen LogP contribution in [0.15, 0.2) is 30.3 Å². The molecule has 1 aromatic rings. The van der Waals surface area contributed by atoms with Crippen molar-refractivity contribution in [2.45, 2.75) is 32.1 Å². The molecule has 3 heteroatoms. The Kier molecular flexibility index (Phi) is 4.48. The smallest absolute Gasteiger partial charge is 0.307 e. The van der Waals surface area contributed by atoms with Gasteiger partial charge in [-0.2, -0.15) is 0 Å². The summed E-state index contributed by atoms with van der Waals surface area (Å²) in [6.07, 6.45) is 1.93. The maximum Gasteiger partial charge on any atom is 0.307 e. The summed E-state index contributed by atoms with van der Waals surface area (Å²) in [5.41, 5.74) is 0.948. The van der Waals surface area contributed by atoms with E-state index in [4.69, 9.17) is 0 Å². The van der Waals surface area contributed by atoms with Gasteiger partial charge in [0.25, 0.3) is 0 Å². The van der Waals surface area contributed by atoms with Gasteiger partial charge in [0.15, 0.2) is 0 Å². The van der Waals surface area contributed by atoms with Crippen molar-refractivity contribution in [3.05, 3.63) is 35.9 Å². The normalized spacial score (nSPS) is 29.1. The number of carbonyl (C=O) groups is 1. The average molecular weight is 275 g/mol. The standard InChI is InChI=1S/C17H25NO2/c1-4-14-12-18(3)11-10-17(14,13(2)16(19)20)15-8-6-5-7-9-15/h5-9,13-14H,4,10-12H2,1-3H3,(H,19,20)/t13?,14-,17+/m1/s1. The molecule has 0 bridgehead atoms. The van der Waals surface area contributed by atoms with Crippen molar-refractivity contribution in [2.24, 2.45) is 11.8 Å². The molecule has 3 atom stereocenters. The SMILES string of the molecule is CC[C@@H]1CN(C)CC[C@]1(c1ccccc1)C(C)C(=O)O. The molecule has 1 heterocycles. The van der Waals surface area contributed by atoms with Gasteiger partial charge in [0, 0.05) is 12.0 Å². The minimum Gasteiger partial charge on any atom is -0.481 e.